The summed E-state index contributed by atoms with van der Waals surface area (Å²) in [6.07, 6.45) is 0. The van der Waals surface area contributed by atoms with Crippen molar-refractivity contribution in [2.75, 3.05) is 18.9 Å². The van der Waals surface area contributed by atoms with Crippen molar-refractivity contribution in [3.05, 3.63) is 6.07 Å². The first-order chi connectivity index (χ1) is 6.26. The summed E-state index contributed by atoms with van der Waals surface area (Å²) in [7, 11) is 0. The maximum absolute atomic E-state index is 5.44. The van der Waals surface area contributed by atoms with Gasteiger partial charge in [-0.05, 0) is 13.8 Å². The van der Waals surface area contributed by atoms with E-state index in [9.17, 15) is 0 Å². The minimum absolute atomic E-state index is 0.161. The van der Waals surface area contributed by atoms with Gasteiger partial charge in [-0.3, -0.25) is 0 Å². The molecule has 0 aliphatic carbocycles. The lowest BCUT2D eigenvalue weighted by Gasteiger charge is -2.05. The lowest BCUT2D eigenvalue weighted by molar-refractivity contribution is 0.306. The molecule has 0 fully saturated rings. The second-order valence-electron chi connectivity index (χ2n) is 2.27. The Morgan fingerprint density at radius 1 is 1.15 bits per heavy atom. The van der Waals surface area contributed by atoms with Crippen molar-refractivity contribution in [1.82, 2.24) is 9.97 Å². The van der Waals surface area contributed by atoms with E-state index in [4.69, 9.17) is 15.2 Å². The molecule has 2 N–H and O–H groups in total. The monoisotopic (exact) mass is 183 g/mol. The molecule has 0 unspecified atom stereocenters. The van der Waals surface area contributed by atoms with E-state index in [0.717, 1.165) is 0 Å². The topological polar surface area (TPSA) is 70.3 Å². The first kappa shape index (κ1) is 9.57. The van der Waals surface area contributed by atoms with Gasteiger partial charge in [-0.1, -0.05) is 0 Å². The number of nitrogens with two attached hydrogens (primary N) is 1. The van der Waals surface area contributed by atoms with Crippen molar-refractivity contribution in [1.29, 1.82) is 0 Å². The summed E-state index contributed by atoms with van der Waals surface area (Å²) in [5.74, 6) is 1.05. The molecule has 0 atom stereocenters. The fraction of sp³-hybridized carbons (Fsp3) is 0.500. The molecule has 0 amide bonds. The Kier molecular flexibility index (Phi) is 3.31. The number of hydrogen-bond donors (Lipinski definition) is 1. The van der Waals surface area contributed by atoms with Crippen LogP contribution in [-0.2, 0) is 0 Å². The number of anilines is 1. The third kappa shape index (κ3) is 2.77. The van der Waals surface area contributed by atoms with Gasteiger partial charge in [0.15, 0.2) is 0 Å². The Bertz CT molecular complexity index is 254. The van der Waals surface area contributed by atoms with E-state index in [1.54, 1.807) is 6.07 Å². The van der Waals surface area contributed by atoms with E-state index in [-0.39, 0.29) is 5.95 Å². The molecule has 0 radical (unpaired) electrons. The van der Waals surface area contributed by atoms with Crippen LogP contribution in [0.3, 0.4) is 0 Å². The van der Waals surface area contributed by atoms with E-state index >= 15 is 0 Å². The third-order valence-corrected chi connectivity index (χ3v) is 1.28. The molecule has 1 aromatic heterocycles. The van der Waals surface area contributed by atoms with Crippen molar-refractivity contribution in [2.45, 2.75) is 13.8 Å². The normalized spacial score (nSPS) is 9.69. The number of aromatic nitrogens is 2. The highest BCUT2D eigenvalue weighted by molar-refractivity contribution is 5.29. The average molecular weight is 183 g/mol. The van der Waals surface area contributed by atoms with E-state index < -0.39 is 0 Å². The van der Waals surface area contributed by atoms with Gasteiger partial charge in [-0.25, -0.2) is 0 Å². The van der Waals surface area contributed by atoms with Crippen LogP contribution in [0.1, 0.15) is 13.8 Å². The van der Waals surface area contributed by atoms with Crippen molar-refractivity contribution in [2.24, 2.45) is 0 Å². The molecule has 5 nitrogen and oxygen atoms in total. The second-order valence-corrected chi connectivity index (χ2v) is 2.27. The largest absolute Gasteiger partial charge is 0.478 e. The molecular formula is C8H13N3O2. The summed E-state index contributed by atoms with van der Waals surface area (Å²) in [5, 5.41) is 0. The van der Waals surface area contributed by atoms with Gasteiger partial charge in [0, 0.05) is 0 Å². The SMILES string of the molecule is CCOc1cc(OCC)nc(N)n1. The minimum Gasteiger partial charge on any atom is -0.478 e. The van der Waals surface area contributed by atoms with Crippen molar-refractivity contribution >= 4 is 5.95 Å². The van der Waals surface area contributed by atoms with Crippen molar-refractivity contribution < 1.29 is 9.47 Å². The van der Waals surface area contributed by atoms with Gasteiger partial charge < -0.3 is 15.2 Å². The summed E-state index contributed by atoms with van der Waals surface area (Å²) in [4.78, 5) is 7.74. The molecule has 5 heteroatoms. The van der Waals surface area contributed by atoms with Crippen LogP contribution in [0, 0.1) is 0 Å². The van der Waals surface area contributed by atoms with E-state index in [1.807, 2.05) is 13.8 Å². The van der Waals surface area contributed by atoms with Crippen LogP contribution in [0.4, 0.5) is 5.95 Å². The van der Waals surface area contributed by atoms with Gasteiger partial charge in [0.05, 0.1) is 19.3 Å². The molecule has 13 heavy (non-hydrogen) atoms. The number of hydrogen-bond acceptors (Lipinski definition) is 5. The molecule has 0 saturated carbocycles. The van der Waals surface area contributed by atoms with Crippen LogP contribution in [0.2, 0.25) is 0 Å². The number of rotatable bonds is 4. The molecule has 0 spiro atoms. The Labute approximate surface area is 76.9 Å². The van der Waals surface area contributed by atoms with Crippen LogP contribution in [-0.4, -0.2) is 23.2 Å². The smallest absolute Gasteiger partial charge is 0.226 e. The quantitative estimate of drug-likeness (QED) is 0.749. The first-order valence-corrected chi connectivity index (χ1v) is 4.16. The molecular weight excluding hydrogens is 170 g/mol. The summed E-state index contributed by atoms with van der Waals surface area (Å²) < 4.78 is 10.3. The van der Waals surface area contributed by atoms with Gasteiger partial charge >= 0.3 is 0 Å². The molecule has 1 rings (SSSR count). The Balaban J connectivity index is 2.83. The summed E-state index contributed by atoms with van der Waals surface area (Å²) >= 11 is 0. The van der Waals surface area contributed by atoms with Crippen LogP contribution in [0.15, 0.2) is 6.07 Å². The standard InChI is InChI=1S/C8H13N3O2/c1-3-12-6-5-7(13-4-2)11-8(9)10-6/h5H,3-4H2,1-2H3,(H2,9,10,11). The molecule has 0 aliphatic rings. The Morgan fingerprint density at radius 3 is 2.00 bits per heavy atom. The van der Waals surface area contributed by atoms with Crippen LogP contribution >= 0.6 is 0 Å². The molecule has 0 saturated heterocycles. The summed E-state index contributed by atoms with van der Waals surface area (Å²) in [6.45, 7) is 4.83. The molecule has 1 aromatic rings. The lowest BCUT2D eigenvalue weighted by atomic mass is 10.6. The van der Waals surface area contributed by atoms with Crippen LogP contribution < -0.4 is 15.2 Å². The summed E-state index contributed by atoms with van der Waals surface area (Å²) in [6, 6.07) is 1.61. The zero-order valence-electron chi connectivity index (χ0n) is 7.78. The number of nitrogens with zero attached hydrogens (tertiary/aromatic N) is 2. The highest BCUT2D eigenvalue weighted by Crippen LogP contribution is 2.16. The number of nitrogen functional groups attached to an aromatic ring is 1. The van der Waals surface area contributed by atoms with Crippen LogP contribution in [0.5, 0.6) is 11.8 Å². The Morgan fingerprint density at radius 2 is 1.62 bits per heavy atom. The lowest BCUT2D eigenvalue weighted by Crippen LogP contribution is -2.03. The van der Waals surface area contributed by atoms with Gasteiger partial charge in [-0.2, -0.15) is 9.97 Å². The minimum atomic E-state index is 0.161. The highest BCUT2D eigenvalue weighted by Gasteiger charge is 2.02. The van der Waals surface area contributed by atoms with Gasteiger partial charge in [-0.15, -0.1) is 0 Å². The molecule has 1 heterocycles. The third-order valence-electron chi connectivity index (χ3n) is 1.28. The molecule has 72 valence electrons. The van der Waals surface area contributed by atoms with Gasteiger partial charge in [0.1, 0.15) is 0 Å². The molecule has 0 aromatic carbocycles. The number of ether oxygens (including phenoxy) is 2. The van der Waals surface area contributed by atoms with Gasteiger partial charge in [0.2, 0.25) is 17.7 Å². The van der Waals surface area contributed by atoms with Crippen molar-refractivity contribution in [3.63, 3.8) is 0 Å². The predicted octanol–water partition coefficient (Wildman–Crippen LogP) is 0.856. The Hall–Kier alpha value is -1.52. The second kappa shape index (κ2) is 4.49. The van der Waals surface area contributed by atoms with E-state index in [1.165, 1.54) is 0 Å². The zero-order valence-corrected chi connectivity index (χ0v) is 7.78. The van der Waals surface area contributed by atoms with E-state index in [2.05, 4.69) is 9.97 Å². The maximum Gasteiger partial charge on any atom is 0.226 e. The average Bonchev–Trinajstić information content (AvgIpc) is 2.04. The molecule has 0 bridgehead atoms. The van der Waals surface area contributed by atoms with Crippen molar-refractivity contribution in [3.8, 4) is 11.8 Å². The van der Waals surface area contributed by atoms with Crippen LogP contribution in [0.25, 0.3) is 0 Å². The van der Waals surface area contributed by atoms with Gasteiger partial charge in [0.25, 0.3) is 0 Å². The predicted molar refractivity (Wildman–Crippen MR) is 48.8 cm³/mol. The highest BCUT2D eigenvalue weighted by atomic mass is 16.5. The fourth-order valence-electron chi connectivity index (χ4n) is 0.865. The maximum atomic E-state index is 5.44. The van der Waals surface area contributed by atoms with E-state index in [0.29, 0.717) is 25.0 Å². The fourth-order valence-corrected chi connectivity index (χ4v) is 0.865. The molecule has 0 aliphatic heterocycles. The zero-order chi connectivity index (χ0) is 9.68. The first-order valence-electron chi connectivity index (χ1n) is 4.16. The summed E-state index contributed by atoms with van der Waals surface area (Å²) in [5.41, 5.74) is 5.44.